The third-order valence-electron chi connectivity index (χ3n) is 2.53. The fraction of sp³-hybridized carbons (Fsp3) is 0.600. The average molecular weight is 305 g/mol. The number of oxazole rings is 1. The molecule has 0 saturated heterocycles. The van der Waals surface area contributed by atoms with Gasteiger partial charge in [0.1, 0.15) is 6.26 Å². The average Bonchev–Trinajstić information content (AvgIpc) is 2.93. The monoisotopic (exact) mass is 305 g/mol. The van der Waals surface area contributed by atoms with E-state index in [0.29, 0.717) is 23.7 Å². The maximum atomic E-state index is 5.32. The number of rotatable bonds is 8. The summed E-state index contributed by atoms with van der Waals surface area (Å²) in [6, 6.07) is 1.08. The molecule has 0 fully saturated rings. The number of hydrogen-bond acceptors (Lipinski definition) is 6. The van der Waals surface area contributed by atoms with Gasteiger partial charge in [-0.3, -0.25) is 5.32 Å². The molecule has 2 N–H and O–H groups in total. The Labute approximate surface area is 119 Å². The quantitative estimate of drug-likeness (QED) is 0.422. The largest absolute Gasteiger partial charge is 0.500 e. The predicted molar refractivity (Wildman–Crippen MR) is 76.9 cm³/mol. The number of hydrogen-bond donors (Lipinski definition) is 2. The third kappa shape index (κ3) is 5.24. The molecule has 0 aliphatic carbocycles. The lowest BCUT2D eigenvalue weighted by Gasteiger charge is -2.24. The van der Waals surface area contributed by atoms with E-state index in [1.54, 1.807) is 27.5 Å². The fourth-order valence-corrected chi connectivity index (χ4v) is 3.40. The molecule has 9 heteroatoms. The Morgan fingerprint density at radius 2 is 2.05 bits per heavy atom. The minimum Gasteiger partial charge on any atom is -0.432 e. The third-order valence-corrected chi connectivity index (χ3v) is 5.61. The van der Waals surface area contributed by atoms with Crippen LogP contribution >= 0.6 is 12.2 Å². The van der Waals surface area contributed by atoms with Crippen molar-refractivity contribution < 1.29 is 17.7 Å². The molecule has 0 unspecified atom stereocenters. The molecular formula is C10H19N3O4SSi. The van der Waals surface area contributed by atoms with Crippen LogP contribution in [0.15, 0.2) is 16.9 Å². The highest BCUT2D eigenvalue weighted by Crippen LogP contribution is 2.14. The fourth-order valence-electron chi connectivity index (χ4n) is 1.49. The Balaban J connectivity index is 2.21. The van der Waals surface area contributed by atoms with E-state index in [0.717, 1.165) is 6.42 Å². The summed E-state index contributed by atoms with van der Waals surface area (Å²) in [4.78, 5) is 3.91. The zero-order chi connectivity index (χ0) is 14.1. The molecule has 0 spiro atoms. The van der Waals surface area contributed by atoms with Crippen molar-refractivity contribution in [2.24, 2.45) is 0 Å². The molecule has 1 aromatic rings. The minimum atomic E-state index is -2.49. The van der Waals surface area contributed by atoms with Crippen LogP contribution in [0.4, 0.5) is 6.01 Å². The van der Waals surface area contributed by atoms with Gasteiger partial charge in [-0.05, 0) is 18.6 Å². The molecule has 0 aromatic carbocycles. The lowest BCUT2D eigenvalue weighted by atomic mass is 10.5. The second-order valence-corrected chi connectivity index (χ2v) is 7.12. The number of aromatic nitrogens is 1. The molecule has 0 aliphatic rings. The van der Waals surface area contributed by atoms with Gasteiger partial charge < -0.3 is 23.0 Å². The first-order valence-electron chi connectivity index (χ1n) is 5.75. The zero-order valence-corrected chi connectivity index (χ0v) is 13.1. The van der Waals surface area contributed by atoms with Gasteiger partial charge in [-0.1, -0.05) is 0 Å². The molecule has 108 valence electrons. The van der Waals surface area contributed by atoms with E-state index in [2.05, 4.69) is 15.6 Å². The maximum absolute atomic E-state index is 5.32. The summed E-state index contributed by atoms with van der Waals surface area (Å²) >= 11 is 5.09. The molecule has 1 aromatic heterocycles. The highest BCUT2D eigenvalue weighted by atomic mass is 32.1. The van der Waals surface area contributed by atoms with Crippen LogP contribution < -0.4 is 10.6 Å². The van der Waals surface area contributed by atoms with Crippen LogP contribution in [0.2, 0.25) is 6.04 Å². The molecule has 0 saturated carbocycles. The van der Waals surface area contributed by atoms with Gasteiger partial charge in [-0.2, -0.15) is 0 Å². The lowest BCUT2D eigenvalue weighted by Crippen LogP contribution is -2.43. The number of nitrogens with zero attached hydrogens (tertiary/aromatic N) is 1. The Morgan fingerprint density at radius 3 is 2.58 bits per heavy atom. The van der Waals surface area contributed by atoms with Crippen molar-refractivity contribution in [3.8, 4) is 0 Å². The summed E-state index contributed by atoms with van der Waals surface area (Å²) < 4.78 is 21.0. The first-order chi connectivity index (χ1) is 9.15. The summed E-state index contributed by atoms with van der Waals surface area (Å²) in [6.07, 6.45) is 3.83. The van der Waals surface area contributed by atoms with E-state index in [-0.39, 0.29) is 0 Å². The molecule has 0 radical (unpaired) electrons. The van der Waals surface area contributed by atoms with Gasteiger partial charge in [-0.25, -0.2) is 4.98 Å². The SMILES string of the molecule is CO[Si](CCCNC(=S)Nc1ncco1)(OC)OC. The summed E-state index contributed by atoms with van der Waals surface area (Å²) in [7, 11) is 2.31. The van der Waals surface area contributed by atoms with Gasteiger partial charge in [0.15, 0.2) is 5.11 Å². The van der Waals surface area contributed by atoms with E-state index < -0.39 is 8.80 Å². The second kappa shape index (κ2) is 8.22. The van der Waals surface area contributed by atoms with Crippen molar-refractivity contribution in [2.45, 2.75) is 12.5 Å². The lowest BCUT2D eigenvalue weighted by molar-refractivity contribution is 0.123. The van der Waals surface area contributed by atoms with Crippen molar-refractivity contribution >= 4 is 32.1 Å². The maximum Gasteiger partial charge on any atom is 0.500 e. The Morgan fingerprint density at radius 1 is 1.37 bits per heavy atom. The van der Waals surface area contributed by atoms with E-state index in [4.69, 9.17) is 29.9 Å². The van der Waals surface area contributed by atoms with Gasteiger partial charge in [-0.15, -0.1) is 0 Å². The first kappa shape index (κ1) is 16.1. The highest BCUT2D eigenvalue weighted by Gasteiger charge is 2.36. The number of thiocarbonyl (C=S) groups is 1. The molecule has 1 heterocycles. The molecule has 7 nitrogen and oxygen atoms in total. The van der Waals surface area contributed by atoms with Gasteiger partial charge in [0, 0.05) is 33.9 Å². The summed E-state index contributed by atoms with van der Waals surface area (Å²) in [5.41, 5.74) is 0. The van der Waals surface area contributed by atoms with Crippen LogP contribution in [0.25, 0.3) is 0 Å². The standard InChI is InChI=1S/C10H19N3O4SSi/c1-14-19(15-2,16-3)8-4-5-12-10(18)13-9-11-6-7-17-9/h6-7H,4-5,8H2,1-3H3,(H2,11,12,13,18). The normalized spacial score (nSPS) is 11.3. The topological polar surface area (TPSA) is 77.8 Å². The van der Waals surface area contributed by atoms with Crippen molar-refractivity contribution in [3.63, 3.8) is 0 Å². The molecule has 0 atom stereocenters. The first-order valence-corrected chi connectivity index (χ1v) is 8.09. The van der Waals surface area contributed by atoms with E-state index in [9.17, 15) is 0 Å². The second-order valence-electron chi connectivity index (χ2n) is 3.62. The molecule has 0 aliphatic heterocycles. The summed E-state index contributed by atoms with van der Waals surface area (Å²) in [5, 5.41) is 6.32. The van der Waals surface area contributed by atoms with Crippen molar-refractivity contribution in [3.05, 3.63) is 12.5 Å². The molecule has 0 bridgehead atoms. The molecule has 19 heavy (non-hydrogen) atoms. The van der Waals surface area contributed by atoms with E-state index in [1.165, 1.54) is 6.26 Å². The Hall–Kier alpha value is -1.00. The van der Waals surface area contributed by atoms with Gasteiger partial charge in [0.2, 0.25) is 0 Å². The Bertz CT molecular complexity index is 365. The molecular weight excluding hydrogens is 286 g/mol. The van der Waals surface area contributed by atoms with Crippen LogP contribution in [-0.2, 0) is 13.3 Å². The molecule has 0 amide bonds. The number of anilines is 1. The van der Waals surface area contributed by atoms with Gasteiger partial charge in [0.25, 0.3) is 0 Å². The molecule has 1 rings (SSSR count). The predicted octanol–water partition coefficient (Wildman–Crippen LogP) is 1.23. The van der Waals surface area contributed by atoms with E-state index >= 15 is 0 Å². The van der Waals surface area contributed by atoms with Gasteiger partial charge >= 0.3 is 14.8 Å². The van der Waals surface area contributed by atoms with Crippen molar-refractivity contribution in [1.82, 2.24) is 10.3 Å². The van der Waals surface area contributed by atoms with Gasteiger partial charge in [0.05, 0.1) is 6.20 Å². The summed E-state index contributed by atoms with van der Waals surface area (Å²) in [6.45, 7) is 0.678. The van der Waals surface area contributed by atoms with E-state index in [1.807, 2.05) is 0 Å². The van der Waals surface area contributed by atoms with Crippen LogP contribution in [0.5, 0.6) is 0 Å². The highest BCUT2D eigenvalue weighted by molar-refractivity contribution is 7.80. The smallest absolute Gasteiger partial charge is 0.432 e. The zero-order valence-electron chi connectivity index (χ0n) is 11.3. The van der Waals surface area contributed by atoms with Crippen molar-refractivity contribution in [2.75, 3.05) is 33.2 Å². The minimum absolute atomic E-state index is 0.367. The van der Waals surface area contributed by atoms with Crippen LogP contribution in [0.3, 0.4) is 0 Å². The number of nitrogens with one attached hydrogen (secondary N) is 2. The van der Waals surface area contributed by atoms with Crippen LogP contribution in [0, 0.1) is 0 Å². The Kier molecular flexibility index (Phi) is 6.95. The summed E-state index contributed by atoms with van der Waals surface area (Å²) in [5.74, 6) is 0. The van der Waals surface area contributed by atoms with Crippen LogP contribution in [-0.4, -0.2) is 46.8 Å². The van der Waals surface area contributed by atoms with Crippen LogP contribution in [0.1, 0.15) is 6.42 Å². The van der Waals surface area contributed by atoms with Crippen molar-refractivity contribution in [1.29, 1.82) is 0 Å².